The Bertz CT molecular complexity index is 1660. The number of amides is 2. The number of aromatic hydroxyl groups is 1. The minimum Gasteiger partial charge on any atom is -0.506 e. The summed E-state index contributed by atoms with van der Waals surface area (Å²) < 4.78 is 0. The van der Waals surface area contributed by atoms with Crippen LogP contribution in [-0.2, 0) is 9.59 Å². The third-order valence-corrected chi connectivity index (χ3v) is 6.33. The number of para-hydroxylation sites is 2. The van der Waals surface area contributed by atoms with E-state index in [2.05, 4.69) is 15.6 Å². The minimum absolute atomic E-state index is 0.0435. The van der Waals surface area contributed by atoms with Gasteiger partial charge in [-0.1, -0.05) is 66.7 Å². The van der Waals surface area contributed by atoms with Crippen LogP contribution in [0.2, 0.25) is 0 Å². The summed E-state index contributed by atoms with van der Waals surface area (Å²) in [7, 11) is 0. The summed E-state index contributed by atoms with van der Waals surface area (Å²) in [6, 6.07) is 27.8. The van der Waals surface area contributed by atoms with Crippen LogP contribution < -0.4 is 10.6 Å². The molecule has 37 heavy (non-hydrogen) atoms. The quantitative estimate of drug-likeness (QED) is 0.241. The van der Waals surface area contributed by atoms with Crippen molar-refractivity contribution in [2.24, 2.45) is 4.99 Å². The number of aliphatic imine (C=N–C) groups is 1. The molecule has 0 fully saturated rings. The number of phenolic OH excluding ortho intramolecular Hbond substituents is 1. The van der Waals surface area contributed by atoms with Gasteiger partial charge >= 0.3 is 0 Å². The van der Waals surface area contributed by atoms with Crippen molar-refractivity contribution >= 4 is 58.4 Å². The zero-order valence-corrected chi connectivity index (χ0v) is 19.6. The summed E-state index contributed by atoms with van der Waals surface area (Å²) >= 11 is 0. The Morgan fingerprint density at radius 2 is 1.14 bits per heavy atom. The van der Waals surface area contributed by atoms with E-state index in [1.807, 2.05) is 78.9 Å². The van der Waals surface area contributed by atoms with Gasteiger partial charge in [0.15, 0.2) is 0 Å². The second-order valence-electron chi connectivity index (χ2n) is 8.79. The van der Waals surface area contributed by atoms with E-state index in [0.717, 1.165) is 39.2 Å². The number of rotatable bonds is 4. The third-order valence-electron chi connectivity index (χ3n) is 6.33. The molecule has 2 aliphatic heterocycles. The highest BCUT2D eigenvalue weighted by atomic mass is 16.3. The Labute approximate surface area is 213 Å². The van der Waals surface area contributed by atoms with E-state index in [1.54, 1.807) is 30.5 Å². The van der Waals surface area contributed by atoms with Gasteiger partial charge in [0.2, 0.25) is 0 Å². The Kier molecular flexibility index (Phi) is 5.47. The number of anilines is 2. The highest BCUT2D eigenvalue weighted by Crippen LogP contribution is 2.35. The van der Waals surface area contributed by atoms with Gasteiger partial charge in [0.1, 0.15) is 11.4 Å². The molecule has 0 aromatic heterocycles. The first-order chi connectivity index (χ1) is 18.0. The number of nitrogens with one attached hydrogen (secondary N) is 2. The Morgan fingerprint density at radius 3 is 1.76 bits per heavy atom. The molecule has 4 aromatic carbocycles. The number of carbonyl (C=O) groups excluding carboxylic acids is 2. The number of hydrogen-bond acceptors (Lipinski definition) is 4. The van der Waals surface area contributed by atoms with Gasteiger partial charge in [0.25, 0.3) is 11.8 Å². The summed E-state index contributed by atoms with van der Waals surface area (Å²) in [5.41, 5.74) is 7.42. The molecule has 6 nitrogen and oxygen atoms in total. The number of carbonyl (C=O) groups is 2. The lowest BCUT2D eigenvalue weighted by Gasteiger charge is -2.03. The SMILES string of the molecule is O=C1Nc2ccccc2/C1=C/c1ccc(C=Nc2cc(/C=C3/C(=O)Nc4ccccc43)ccc2O)cc1. The monoisotopic (exact) mass is 483 g/mol. The van der Waals surface area contributed by atoms with E-state index in [4.69, 9.17) is 0 Å². The van der Waals surface area contributed by atoms with Gasteiger partial charge in [-0.2, -0.15) is 0 Å². The largest absolute Gasteiger partial charge is 0.506 e. The normalized spacial score (nSPS) is 16.2. The van der Waals surface area contributed by atoms with Gasteiger partial charge in [0.05, 0.1) is 0 Å². The van der Waals surface area contributed by atoms with Crippen molar-refractivity contribution in [3.63, 3.8) is 0 Å². The van der Waals surface area contributed by atoms with E-state index in [9.17, 15) is 14.7 Å². The van der Waals surface area contributed by atoms with Gasteiger partial charge in [-0.15, -0.1) is 0 Å². The Morgan fingerprint density at radius 1 is 0.622 bits per heavy atom. The number of phenols is 1. The van der Waals surface area contributed by atoms with E-state index in [0.29, 0.717) is 16.8 Å². The van der Waals surface area contributed by atoms with Crippen molar-refractivity contribution in [3.05, 3.63) is 119 Å². The molecule has 3 N–H and O–H groups in total. The number of hydrogen-bond donors (Lipinski definition) is 3. The van der Waals surface area contributed by atoms with Crippen molar-refractivity contribution in [1.29, 1.82) is 0 Å². The molecule has 0 unspecified atom stereocenters. The van der Waals surface area contributed by atoms with Crippen molar-refractivity contribution in [1.82, 2.24) is 0 Å². The predicted octanol–water partition coefficient (Wildman–Crippen LogP) is 6.13. The van der Waals surface area contributed by atoms with E-state index in [-0.39, 0.29) is 17.6 Å². The number of nitrogens with zero attached hydrogens (tertiary/aromatic N) is 1. The maximum absolute atomic E-state index is 12.4. The fraction of sp³-hybridized carbons (Fsp3) is 0. The maximum atomic E-state index is 12.4. The molecule has 2 heterocycles. The maximum Gasteiger partial charge on any atom is 0.256 e. The van der Waals surface area contributed by atoms with Crippen LogP contribution in [0.4, 0.5) is 17.1 Å². The third kappa shape index (κ3) is 4.32. The fourth-order valence-electron chi connectivity index (χ4n) is 4.45. The van der Waals surface area contributed by atoms with Gasteiger partial charge in [0, 0.05) is 39.9 Å². The van der Waals surface area contributed by atoms with E-state index >= 15 is 0 Å². The van der Waals surface area contributed by atoms with Crippen LogP contribution >= 0.6 is 0 Å². The van der Waals surface area contributed by atoms with Crippen LogP contribution in [0.25, 0.3) is 23.3 Å². The average molecular weight is 484 g/mol. The summed E-state index contributed by atoms with van der Waals surface area (Å²) in [6.45, 7) is 0. The van der Waals surface area contributed by atoms with E-state index in [1.165, 1.54) is 0 Å². The van der Waals surface area contributed by atoms with E-state index < -0.39 is 0 Å². The van der Waals surface area contributed by atoms with Gasteiger partial charge in [-0.05, 0) is 53.1 Å². The summed E-state index contributed by atoms with van der Waals surface area (Å²) in [5.74, 6) is -0.231. The first kappa shape index (κ1) is 22.2. The molecular weight excluding hydrogens is 462 g/mol. The molecular formula is C31H21N3O3. The zero-order chi connectivity index (χ0) is 25.4. The van der Waals surface area contributed by atoms with Crippen molar-refractivity contribution < 1.29 is 14.7 Å². The van der Waals surface area contributed by atoms with Crippen LogP contribution in [0.1, 0.15) is 27.8 Å². The fourth-order valence-corrected chi connectivity index (χ4v) is 4.45. The van der Waals surface area contributed by atoms with Gasteiger partial charge in [-0.25, -0.2) is 0 Å². The molecule has 0 radical (unpaired) electrons. The number of benzene rings is 4. The molecule has 2 aliphatic rings. The highest BCUT2D eigenvalue weighted by Gasteiger charge is 2.24. The second-order valence-corrected chi connectivity index (χ2v) is 8.79. The molecule has 0 bridgehead atoms. The standard InChI is InChI=1S/C31H21N3O3/c35-29-14-13-21(16-25-23-6-2-4-8-27(23)34-31(25)37)17-28(29)32-18-20-11-9-19(10-12-20)15-24-22-5-1-3-7-26(22)33-30(24)36/h1-18,35H,(H,33,36)(H,34,37)/b24-15-,25-16+,32-18?. The molecule has 178 valence electrons. The molecule has 0 saturated heterocycles. The first-order valence-corrected chi connectivity index (χ1v) is 11.8. The summed E-state index contributed by atoms with van der Waals surface area (Å²) in [4.78, 5) is 29.3. The molecule has 0 spiro atoms. The topological polar surface area (TPSA) is 90.8 Å². The predicted molar refractivity (Wildman–Crippen MR) is 148 cm³/mol. The van der Waals surface area contributed by atoms with Gasteiger partial charge < -0.3 is 15.7 Å². The summed E-state index contributed by atoms with van der Waals surface area (Å²) in [6.07, 6.45) is 5.32. The van der Waals surface area contributed by atoms with Crippen molar-refractivity contribution in [3.8, 4) is 5.75 Å². The second kappa shape index (κ2) is 9.09. The van der Waals surface area contributed by atoms with Crippen molar-refractivity contribution in [2.75, 3.05) is 10.6 Å². The molecule has 4 aromatic rings. The Balaban J connectivity index is 1.23. The van der Waals surface area contributed by atoms with Crippen LogP contribution in [0.3, 0.4) is 0 Å². The van der Waals surface area contributed by atoms with Crippen LogP contribution in [0.5, 0.6) is 5.75 Å². The lowest BCUT2D eigenvalue weighted by molar-refractivity contribution is -0.111. The molecule has 0 saturated carbocycles. The van der Waals surface area contributed by atoms with Gasteiger partial charge in [-0.3, -0.25) is 14.6 Å². The highest BCUT2D eigenvalue weighted by molar-refractivity contribution is 6.35. The number of fused-ring (bicyclic) bond motifs is 2. The van der Waals surface area contributed by atoms with Crippen LogP contribution in [0.15, 0.2) is 96.0 Å². The smallest absolute Gasteiger partial charge is 0.256 e. The Hall–Kier alpha value is -5.23. The first-order valence-electron chi connectivity index (χ1n) is 11.8. The summed E-state index contributed by atoms with van der Waals surface area (Å²) in [5, 5.41) is 16.1. The lowest BCUT2D eigenvalue weighted by Crippen LogP contribution is -2.03. The molecule has 2 amide bonds. The van der Waals surface area contributed by atoms with Crippen LogP contribution in [0, 0.1) is 0 Å². The molecule has 0 aliphatic carbocycles. The minimum atomic E-state index is -0.159. The average Bonchev–Trinajstić information content (AvgIpc) is 3.40. The lowest BCUT2D eigenvalue weighted by atomic mass is 10.0. The molecule has 0 atom stereocenters. The molecule has 6 heteroatoms. The molecule has 6 rings (SSSR count). The van der Waals surface area contributed by atoms with Crippen molar-refractivity contribution in [2.45, 2.75) is 0 Å². The zero-order valence-electron chi connectivity index (χ0n) is 19.6. The van der Waals surface area contributed by atoms with Crippen LogP contribution in [-0.4, -0.2) is 23.1 Å².